The molecule has 1 aromatic rings. The van der Waals surface area contributed by atoms with Crippen molar-refractivity contribution >= 4 is 6.01 Å². The summed E-state index contributed by atoms with van der Waals surface area (Å²) in [5, 5.41) is 0. The van der Waals surface area contributed by atoms with Gasteiger partial charge in [-0.15, -0.1) is 0 Å². The van der Waals surface area contributed by atoms with E-state index >= 15 is 0 Å². The second kappa shape index (κ2) is 3.52. The number of rotatable bonds is 2. The summed E-state index contributed by atoms with van der Waals surface area (Å²) in [5.74, 6) is 1.36. The van der Waals surface area contributed by atoms with E-state index in [1.165, 1.54) is 0 Å². The van der Waals surface area contributed by atoms with Crippen LogP contribution in [0.4, 0.5) is 6.01 Å². The van der Waals surface area contributed by atoms with Crippen LogP contribution >= 0.6 is 0 Å². The van der Waals surface area contributed by atoms with E-state index in [-0.39, 0.29) is 5.41 Å². The van der Waals surface area contributed by atoms with E-state index in [1.807, 2.05) is 0 Å². The summed E-state index contributed by atoms with van der Waals surface area (Å²) in [6.07, 6.45) is 3.00. The van der Waals surface area contributed by atoms with Crippen molar-refractivity contribution in [3.63, 3.8) is 0 Å². The lowest BCUT2D eigenvalue weighted by molar-refractivity contribution is 0.250. The van der Waals surface area contributed by atoms with Gasteiger partial charge in [-0.2, -0.15) is 4.98 Å². The molecule has 0 saturated carbocycles. The van der Waals surface area contributed by atoms with Gasteiger partial charge in [0.05, 0.1) is 5.69 Å². The lowest BCUT2D eigenvalue weighted by Gasteiger charge is -2.33. The predicted molar refractivity (Wildman–Crippen MR) is 59.4 cm³/mol. The van der Waals surface area contributed by atoms with Crippen LogP contribution in [-0.2, 0) is 6.42 Å². The number of nitrogen functional groups attached to an aromatic ring is 1. The largest absolute Gasteiger partial charge is 0.428 e. The Morgan fingerprint density at radius 1 is 1.53 bits per heavy atom. The summed E-state index contributed by atoms with van der Waals surface area (Å²) < 4.78 is 5.48. The van der Waals surface area contributed by atoms with Gasteiger partial charge in [0.1, 0.15) is 5.76 Å². The fraction of sp³-hybridized carbons (Fsp3) is 0.727. The minimum absolute atomic E-state index is 0.274. The van der Waals surface area contributed by atoms with Gasteiger partial charge in [-0.25, -0.2) is 0 Å². The highest BCUT2D eigenvalue weighted by Crippen LogP contribution is 2.43. The highest BCUT2D eigenvalue weighted by Gasteiger charge is 2.35. The van der Waals surface area contributed by atoms with Crippen molar-refractivity contribution in [1.82, 2.24) is 4.98 Å². The highest BCUT2D eigenvalue weighted by atomic mass is 16.4. The van der Waals surface area contributed by atoms with E-state index in [0.717, 1.165) is 30.7 Å². The molecular formula is C11H19N3O. The first-order chi connectivity index (χ1) is 7.02. The highest BCUT2D eigenvalue weighted by molar-refractivity contribution is 5.26. The van der Waals surface area contributed by atoms with Crippen LogP contribution in [0, 0.1) is 5.41 Å². The summed E-state index contributed by atoms with van der Waals surface area (Å²) in [5.41, 5.74) is 12.5. The van der Waals surface area contributed by atoms with Crippen molar-refractivity contribution in [1.29, 1.82) is 0 Å². The minimum Gasteiger partial charge on any atom is -0.428 e. The first-order valence-corrected chi connectivity index (χ1v) is 5.47. The zero-order chi connectivity index (χ0) is 11.1. The molecule has 1 aliphatic rings. The molecule has 1 aromatic heterocycles. The zero-order valence-electron chi connectivity index (χ0n) is 9.42. The van der Waals surface area contributed by atoms with Crippen LogP contribution in [0.2, 0.25) is 0 Å². The minimum atomic E-state index is 0.274. The molecule has 4 heteroatoms. The normalized spacial score (nSPS) is 23.8. The third-order valence-corrected chi connectivity index (χ3v) is 3.08. The fourth-order valence-electron chi connectivity index (χ4n) is 2.55. The zero-order valence-corrected chi connectivity index (χ0v) is 9.42. The second-order valence-electron chi connectivity index (χ2n) is 5.18. The summed E-state index contributed by atoms with van der Waals surface area (Å²) in [4.78, 5) is 4.25. The van der Waals surface area contributed by atoms with Crippen molar-refractivity contribution in [2.24, 2.45) is 11.1 Å². The van der Waals surface area contributed by atoms with Crippen molar-refractivity contribution in [2.75, 3.05) is 12.3 Å². The fourth-order valence-corrected chi connectivity index (χ4v) is 2.55. The van der Waals surface area contributed by atoms with E-state index in [4.69, 9.17) is 15.9 Å². The molecule has 15 heavy (non-hydrogen) atoms. The molecule has 1 aliphatic carbocycles. The topological polar surface area (TPSA) is 78.1 Å². The molecule has 0 amide bonds. The standard InChI is InChI=1S/C11H19N3O/c1-11(2)5-7(3-4-12)9-8(6-11)14-10(13)15-9/h7H,3-6,12H2,1-2H3,(H2,13,14). The summed E-state index contributed by atoms with van der Waals surface area (Å²) in [6.45, 7) is 5.19. The van der Waals surface area contributed by atoms with Crippen LogP contribution in [0.1, 0.15) is 44.1 Å². The lowest BCUT2D eigenvalue weighted by Crippen LogP contribution is -2.26. The van der Waals surface area contributed by atoms with Crippen LogP contribution in [-0.4, -0.2) is 11.5 Å². The van der Waals surface area contributed by atoms with Gasteiger partial charge in [-0.3, -0.25) is 0 Å². The summed E-state index contributed by atoms with van der Waals surface area (Å²) in [6, 6.07) is 0.291. The predicted octanol–water partition coefficient (Wildman–Crippen LogP) is 1.66. The third kappa shape index (κ3) is 2.00. The first-order valence-electron chi connectivity index (χ1n) is 5.47. The van der Waals surface area contributed by atoms with Gasteiger partial charge < -0.3 is 15.9 Å². The number of hydrogen-bond donors (Lipinski definition) is 2. The molecule has 84 valence electrons. The van der Waals surface area contributed by atoms with Gasteiger partial charge in [-0.05, 0) is 31.2 Å². The number of fused-ring (bicyclic) bond motifs is 1. The molecule has 0 saturated heterocycles. The number of nitrogens with zero attached hydrogens (tertiary/aromatic N) is 1. The molecule has 1 atom stereocenters. The monoisotopic (exact) mass is 209 g/mol. The smallest absolute Gasteiger partial charge is 0.292 e. The van der Waals surface area contributed by atoms with E-state index in [2.05, 4.69) is 18.8 Å². The molecule has 0 radical (unpaired) electrons. The number of anilines is 1. The molecule has 4 nitrogen and oxygen atoms in total. The molecule has 0 bridgehead atoms. The maximum absolute atomic E-state index is 5.62. The Labute approximate surface area is 90.0 Å². The SMILES string of the molecule is CC1(C)Cc2nc(N)oc2C(CCN)C1. The second-order valence-corrected chi connectivity index (χ2v) is 5.18. The van der Waals surface area contributed by atoms with E-state index < -0.39 is 0 Å². The summed E-state index contributed by atoms with van der Waals surface area (Å²) in [7, 11) is 0. The Kier molecular flexibility index (Phi) is 2.46. The molecule has 1 unspecified atom stereocenters. The molecular weight excluding hydrogens is 190 g/mol. The molecule has 0 spiro atoms. The quantitative estimate of drug-likeness (QED) is 0.776. The van der Waals surface area contributed by atoms with E-state index in [1.54, 1.807) is 0 Å². The van der Waals surface area contributed by atoms with Gasteiger partial charge in [0, 0.05) is 5.92 Å². The van der Waals surface area contributed by atoms with Gasteiger partial charge in [0.2, 0.25) is 0 Å². The number of nitrogens with two attached hydrogens (primary N) is 2. The Bertz CT molecular complexity index is 357. The summed E-state index contributed by atoms with van der Waals surface area (Å²) >= 11 is 0. The van der Waals surface area contributed by atoms with Gasteiger partial charge in [-0.1, -0.05) is 13.8 Å². The molecule has 4 N–H and O–H groups in total. The number of hydrogen-bond acceptors (Lipinski definition) is 4. The van der Waals surface area contributed by atoms with Crippen LogP contribution in [0.15, 0.2) is 4.42 Å². The van der Waals surface area contributed by atoms with E-state index in [0.29, 0.717) is 18.5 Å². The van der Waals surface area contributed by atoms with Crippen molar-refractivity contribution < 1.29 is 4.42 Å². The molecule has 0 aliphatic heterocycles. The van der Waals surface area contributed by atoms with Gasteiger partial charge in [0.25, 0.3) is 6.01 Å². The average Bonchev–Trinajstić information content (AvgIpc) is 2.44. The lowest BCUT2D eigenvalue weighted by atomic mass is 9.72. The molecule has 0 aromatic carbocycles. The van der Waals surface area contributed by atoms with Crippen molar-refractivity contribution in [3.05, 3.63) is 11.5 Å². The Morgan fingerprint density at radius 2 is 2.27 bits per heavy atom. The Hall–Kier alpha value is -1.03. The van der Waals surface area contributed by atoms with Crippen LogP contribution in [0.3, 0.4) is 0 Å². The van der Waals surface area contributed by atoms with Gasteiger partial charge in [0.15, 0.2) is 0 Å². The Morgan fingerprint density at radius 3 is 2.93 bits per heavy atom. The number of oxazole rings is 1. The molecule has 0 fully saturated rings. The van der Waals surface area contributed by atoms with Crippen molar-refractivity contribution in [3.8, 4) is 0 Å². The first kappa shape index (κ1) is 10.5. The average molecular weight is 209 g/mol. The van der Waals surface area contributed by atoms with Crippen LogP contribution in [0.5, 0.6) is 0 Å². The van der Waals surface area contributed by atoms with Gasteiger partial charge >= 0.3 is 0 Å². The Balaban J connectivity index is 2.33. The maximum atomic E-state index is 5.62. The molecule has 1 heterocycles. The van der Waals surface area contributed by atoms with Crippen LogP contribution in [0.25, 0.3) is 0 Å². The van der Waals surface area contributed by atoms with Crippen molar-refractivity contribution in [2.45, 2.75) is 39.0 Å². The van der Waals surface area contributed by atoms with Crippen LogP contribution < -0.4 is 11.5 Å². The number of aromatic nitrogens is 1. The molecule has 2 rings (SSSR count). The maximum Gasteiger partial charge on any atom is 0.292 e. The third-order valence-electron chi connectivity index (χ3n) is 3.08. The van der Waals surface area contributed by atoms with E-state index in [9.17, 15) is 0 Å².